The predicted octanol–water partition coefficient (Wildman–Crippen LogP) is 1.90. The first kappa shape index (κ1) is 18.8. The molecule has 0 saturated carbocycles. The molecule has 1 saturated heterocycles. The van der Waals surface area contributed by atoms with Gasteiger partial charge in [-0.2, -0.15) is 4.31 Å². The topological polar surface area (TPSA) is 92.8 Å². The van der Waals surface area contributed by atoms with Crippen LogP contribution < -0.4 is 4.72 Å². The average molecular weight is 396 g/mol. The first-order valence-electron chi connectivity index (χ1n) is 8.08. The highest BCUT2D eigenvalue weighted by Gasteiger charge is 2.31. The van der Waals surface area contributed by atoms with Crippen LogP contribution in [0.2, 0.25) is 0 Å². The number of nitrogens with one attached hydrogen (secondary N) is 1. The van der Waals surface area contributed by atoms with Crippen LogP contribution in [0.1, 0.15) is 6.92 Å². The second kappa shape index (κ2) is 7.36. The molecule has 1 unspecified atom stereocenters. The Labute approximate surface area is 153 Å². The van der Waals surface area contributed by atoms with Crippen molar-refractivity contribution in [2.24, 2.45) is 0 Å². The minimum atomic E-state index is -3.79. The number of morpholine rings is 1. The molecule has 26 heavy (non-hydrogen) atoms. The van der Waals surface area contributed by atoms with E-state index in [1.807, 2.05) is 0 Å². The lowest BCUT2D eigenvalue weighted by Crippen LogP contribution is -2.46. The SMILES string of the molecule is CC1COCCN1S(=O)(=O)c1cccc(NS(=O)(=O)c2ccccc2)c1. The molecule has 0 radical (unpaired) electrons. The van der Waals surface area contributed by atoms with Crippen LogP contribution in [0.3, 0.4) is 0 Å². The summed E-state index contributed by atoms with van der Waals surface area (Å²) in [6.07, 6.45) is 0. The molecule has 1 atom stereocenters. The number of sulfonamides is 2. The highest BCUT2D eigenvalue weighted by atomic mass is 32.2. The molecule has 0 amide bonds. The van der Waals surface area contributed by atoms with Crippen LogP contribution in [0.25, 0.3) is 0 Å². The second-order valence-corrected chi connectivity index (χ2v) is 9.56. The molecule has 1 N–H and O–H groups in total. The Bertz CT molecular complexity index is 975. The highest BCUT2D eigenvalue weighted by molar-refractivity contribution is 7.92. The third-order valence-electron chi connectivity index (χ3n) is 4.05. The van der Waals surface area contributed by atoms with E-state index in [1.165, 1.54) is 40.7 Å². The Kier molecular flexibility index (Phi) is 5.33. The fourth-order valence-corrected chi connectivity index (χ4v) is 5.46. The van der Waals surface area contributed by atoms with Gasteiger partial charge in [0.25, 0.3) is 10.0 Å². The van der Waals surface area contributed by atoms with Crippen molar-refractivity contribution in [3.8, 4) is 0 Å². The number of hydrogen-bond donors (Lipinski definition) is 1. The Hall–Kier alpha value is -1.94. The van der Waals surface area contributed by atoms with Crippen LogP contribution in [-0.4, -0.2) is 46.9 Å². The van der Waals surface area contributed by atoms with Crippen LogP contribution in [0.15, 0.2) is 64.4 Å². The largest absolute Gasteiger partial charge is 0.378 e. The number of anilines is 1. The van der Waals surface area contributed by atoms with Crippen molar-refractivity contribution in [2.45, 2.75) is 22.8 Å². The maximum atomic E-state index is 12.9. The minimum absolute atomic E-state index is 0.0412. The Morgan fingerprint density at radius 2 is 1.69 bits per heavy atom. The summed E-state index contributed by atoms with van der Waals surface area (Å²) in [5.41, 5.74) is 0.191. The number of ether oxygens (including phenoxy) is 1. The van der Waals surface area contributed by atoms with E-state index in [-0.39, 0.29) is 28.1 Å². The van der Waals surface area contributed by atoms with Crippen molar-refractivity contribution in [1.29, 1.82) is 0 Å². The summed E-state index contributed by atoms with van der Waals surface area (Å²) < 4.78 is 59.7. The van der Waals surface area contributed by atoms with E-state index < -0.39 is 20.0 Å². The lowest BCUT2D eigenvalue weighted by Gasteiger charge is -2.32. The van der Waals surface area contributed by atoms with Gasteiger partial charge in [0.15, 0.2) is 0 Å². The molecule has 1 fully saturated rings. The summed E-state index contributed by atoms with van der Waals surface area (Å²) in [6, 6.07) is 13.4. The van der Waals surface area contributed by atoms with Gasteiger partial charge >= 0.3 is 0 Å². The molecule has 1 heterocycles. The van der Waals surface area contributed by atoms with Crippen molar-refractivity contribution in [3.63, 3.8) is 0 Å². The minimum Gasteiger partial charge on any atom is -0.378 e. The van der Waals surface area contributed by atoms with Gasteiger partial charge in [-0.3, -0.25) is 4.72 Å². The number of rotatable bonds is 5. The first-order valence-corrected chi connectivity index (χ1v) is 11.0. The van der Waals surface area contributed by atoms with Gasteiger partial charge in [0, 0.05) is 12.6 Å². The fourth-order valence-electron chi connectivity index (χ4n) is 2.74. The van der Waals surface area contributed by atoms with Gasteiger partial charge in [-0.25, -0.2) is 16.8 Å². The van der Waals surface area contributed by atoms with Crippen LogP contribution in [0.5, 0.6) is 0 Å². The van der Waals surface area contributed by atoms with E-state index in [2.05, 4.69) is 4.72 Å². The quantitative estimate of drug-likeness (QED) is 0.833. The molecule has 2 aromatic carbocycles. The zero-order valence-corrected chi connectivity index (χ0v) is 15.8. The smallest absolute Gasteiger partial charge is 0.261 e. The standard InChI is InChI=1S/C17H20N2O5S2/c1-14-13-24-11-10-19(14)26(22,23)17-9-5-6-15(12-17)18-25(20,21)16-7-3-2-4-8-16/h2-9,12,14,18H,10-11,13H2,1H3. The van der Waals surface area contributed by atoms with Crippen molar-refractivity contribution < 1.29 is 21.6 Å². The van der Waals surface area contributed by atoms with Gasteiger partial charge in [-0.1, -0.05) is 24.3 Å². The van der Waals surface area contributed by atoms with E-state index >= 15 is 0 Å². The lowest BCUT2D eigenvalue weighted by atomic mass is 10.3. The molecule has 0 aliphatic carbocycles. The van der Waals surface area contributed by atoms with Crippen molar-refractivity contribution >= 4 is 25.7 Å². The van der Waals surface area contributed by atoms with Gasteiger partial charge in [0.1, 0.15) is 0 Å². The number of benzene rings is 2. The van der Waals surface area contributed by atoms with E-state index in [9.17, 15) is 16.8 Å². The van der Waals surface area contributed by atoms with Crippen LogP contribution >= 0.6 is 0 Å². The normalized spacial score (nSPS) is 19.2. The zero-order valence-electron chi connectivity index (χ0n) is 14.2. The molecule has 9 heteroatoms. The fraction of sp³-hybridized carbons (Fsp3) is 0.294. The van der Waals surface area contributed by atoms with E-state index in [4.69, 9.17) is 4.74 Å². The van der Waals surface area contributed by atoms with Gasteiger partial charge in [0.05, 0.1) is 28.7 Å². The molecule has 140 valence electrons. The zero-order chi connectivity index (χ0) is 18.8. The Balaban J connectivity index is 1.89. The highest BCUT2D eigenvalue weighted by Crippen LogP contribution is 2.24. The summed E-state index contributed by atoms with van der Waals surface area (Å²) in [5.74, 6) is 0. The molecule has 7 nitrogen and oxygen atoms in total. The van der Waals surface area contributed by atoms with Crippen LogP contribution in [0, 0.1) is 0 Å². The Morgan fingerprint density at radius 3 is 2.38 bits per heavy atom. The third-order valence-corrected chi connectivity index (χ3v) is 7.46. The van der Waals surface area contributed by atoms with Crippen LogP contribution in [-0.2, 0) is 24.8 Å². The molecule has 1 aliphatic heterocycles. The van der Waals surface area contributed by atoms with Crippen molar-refractivity contribution in [1.82, 2.24) is 4.31 Å². The monoisotopic (exact) mass is 396 g/mol. The molecule has 2 aromatic rings. The summed E-state index contributed by atoms with van der Waals surface area (Å²) in [5, 5.41) is 0. The van der Waals surface area contributed by atoms with Gasteiger partial charge < -0.3 is 4.74 Å². The first-order chi connectivity index (χ1) is 12.3. The predicted molar refractivity (Wildman–Crippen MR) is 97.9 cm³/mol. The maximum Gasteiger partial charge on any atom is 0.261 e. The summed E-state index contributed by atoms with van der Waals surface area (Å²) in [7, 11) is -7.53. The van der Waals surface area contributed by atoms with Crippen LogP contribution in [0.4, 0.5) is 5.69 Å². The van der Waals surface area contributed by atoms with Gasteiger partial charge in [-0.15, -0.1) is 0 Å². The molecule has 0 spiro atoms. The molecular formula is C17H20N2O5S2. The number of hydrogen-bond acceptors (Lipinski definition) is 5. The summed E-state index contributed by atoms with van der Waals surface area (Å²) in [6.45, 7) is 2.71. The van der Waals surface area contributed by atoms with Gasteiger partial charge in [-0.05, 0) is 37.3 Å². The van der Waals surface area contributed by atoms with Crippen molar-refractivity contribution in [2.75, 3.05) is 24.5 Å². The van der Waals surface area contributed by atoms with Crippen molar-refractivity contribution in [3.05, 3.63) is 54.6 Å². The van der Waals surface area contributed by atoms with E-state index in [0.717, 1.165) is 0 Å². The Morgan fingerprint density at radius 1 is 1.00 bits per heavy atom. The molecule has 0 bridgehead atoms. The summed E-state index contributed by atoms with van der Waals surface area (Å²) >= 11 is 0. The average Bonchev–Trinajstić information content (AvgIpc) is 2.62. The summed E-state index contributed by atoms with van der Waals surface area (Å²) in [4.78, 5) is 0.148. The van der Waals surface area contributed by atoms with Gasteiger partial charge in [0.2, 0.25) is 10.0 Å². The second-order valence-electron chi connectivity index (χ2n) is 5.99. The maximum absolute atomic E-state index is 12.9. The molecular weight excluding hydrogens is 376 g/mol. The molecule has 1 aliphatic rings. The lowest BCUT2D eigenvalue weighted by molar-refractivity contribution is 0.0393. The molecule has 0 aromatic heterocycles. The number of nitrogens with zero attached hydrogens (tertiary/aromatic N) is 1. The molecule has 3 rings (SSSR count). The third kappa shape index (κ3) is 3.90. The van der Waals surface area contributed by atoms with E-state index in [1.54, 1.807) is 25.1 Å². The van der Waals surface area contributed by atoms with E-state index in [0.29, 0.717) is 13.2 Å².